The number of para-hydroxylation sites is 1. The van der Waals surface area contributed by atoms with Crippen molar-refractivity contribution < 1.29 is 0 Å². The normalized spacial score (nSPS) is 10.7. The second-order valence-electron chi connectivity index (χ2n) is 4.34. The molecular weight excluding hydrogens is 304 g/mol. The van der Waals surface area contributed by atoms with Gasteiger partial charge in [0.15, 0.2) is 0 Å². The number of hydrogen-bond donors (Lipinski definition) is 2. The Morgan fingerprint density at radius 3 is 2.71 bits per heavy atom. The molecular formula is C15H11ClN4S. The first-order valence-corrected chi connectivity index (χ1v) is 7.37. The fourth-order valence-corrected chi connectivity index (χ4v) is 3.03. The van der Waals surface area contributed by atoms with Gasteiger partial charge in [-0.2, -0.15) is 0 Å². The molecule has 0 bridgehead atoms. The van der Waals surface area contributed by atoms with Crippen molar-refractivity contribution in [3.8, 4) is 0 Å². The number of nitrogens with zero attached hydrogens (tertiary/aromatic N) is 2. The van der Waals surface area contributed by atoms with Gasteiger partial charge in [-0.15, -0.1) is 0 Å². The number of nitrogen functional groups attached to an aromatic ring is 1. The van der Waals surface area contributed by atoms with E-state index in [1.807, 2.05) is 30.3 Å². The van der Waals surface area contributed by atoms with Gasteiger partial charge in [0, 0.05) is 17.1 Å². The van der Waals surface area contributed by atoms with Crippen LogP contribution in [-0.4, -0.2) is 15.8 Å². The van der Waals surface area contributed by atoms with E-state index in [4.69, 9.17) is 22.7 Å². The van der Waals surface area contributed by atoms with Crippen molar-refractivity contribution in [3.63, 3.8) is 0 Å². The van der Waals surface area contributed by atoms with E-state index in [1.54, 1.807) is 18.3 Å². The number of nitrogens with one attached hydrogen (secondary N) is 1. The third-order valence-electron chi connectivity index (χ3n) is 2.90. The molecule has 0 aliphatic carbocycles. The van der Waals surface area contributed by atoms with E-state index in [-0.39, 0.29) is 5.84 Å². The van der Waals surface area contributed by atoms with Crippen LogP contribution >= 0.6 is 23.4 Å². The second kappa shape index (κ2) is 5.71. The zero-order valence-electron chi connectivity index (χ0n) is 10.9. The predicted octanol–water partition coefficient (Wildman–Crippen LogP) is 3.72. The van der Waals surface area contributed by atoms with Gasteiger partial charge in [-0.05, 0) is 36.0 Å². The average Bonchev–Trinajstić information content (AvgIpc) is 2.48. The van der Waals surface area contributed by atoms with E-state index >= 15 is 0 Å². The van der Waals surface area contributed by atoms with Crippen molar-refractivity contribution in [2.45, 2.75) is 10.1 Å². The smallest absolute Gasteiger partial charge is 0.125 e. The summed E-state index contributed by atoms with van der Waals surface area (Å²) in [4.78, 5) is 8.81. The standard InChI is InChI=1S/C15H11ClN4S/c16-11-5-3-7-19-15(11)21-14-10(13(17)18)8-9-4-1-2-6-12(9)20-14/h1-8H,(H3,17,18). The minimum atomic E-state index is -0.0252. The number of rotatable bonds is 3. The van der Waals surface area contributed by atoms with Gasteiger partial charge in [0.1, 0.15) is 15.9 Å². The van der Waals surface area contributed by atoms with Crippen LogP contribution in [0.5, 0.6) is 0 Å². The summed E-state index contributed by atoms with van der Waals surface area (Å²) in [6.07, 6.45) is 1.67. The monoisotopic (exact) mass is 314 g/mol. The van der Waals surface area contributed by atoms with Crippen LogP contribution in [0.4, 0.5) is 0 Å². The van der Waals surface area contributed by atoms with Crippen molar-refractivity contribution in [3.05, 3.63) is 59.2 Å². The Kier molecular flexibility index (Phi) is 3.77. The Balaban J connectivity index is 2.14. The van der Waals surface area contributed by atoms with Crippen LogP contribution < -0.4 is 5.73 Å². The lowest BCUT2D eigenvalue weighted by Gasteiger charge is -2.09. The molecule has 3 aromatic rings. The number of pyridine rings is 2. The first kappa shape index (κ1) is 13.9. The molecule has 0 atom stereocenters. The van der Waals surface area contributed by atoms with Crippen molar-refractivity contribution in [2.24, 2.45) is 5.73 Å². The molecule has 6 heteroatoms. The first-order valence-electron chi connectivity index (χ1n) is 6.17. The summed E-state index contributed by atoms with van der Waals surface area (Å²) >= 11 is 7.44. The quantitative estimate of drug-likeness (QED) is 0.570. The number of fused-ring (bicyclic) bond motifs is 1. The molecule has 0 saturated heterocycles. The average molecular weight is 315 g/mol. The van der Waals surface area contributed by atoms with Crippen molar-refractivity contribution in [1.29, 1.82) is 5.41 Å². The Bertz CT molecular complexity index is 835. The summed E-state index contributed by atoms with van der Waals surface area (Å²) < 4.78 is 0. The van der Waals surface area contributed by atoms with Crippen molar-refractivity contribution in [2.75, 3.05) is 0 Å². The van der Waals surface area contributed by atoms with Gasteiger partial charge in [-0.3, -0.25) is 5.41 Å². The van der Waals surface area contributed by atoms with Crippen LogP contribution in [-0.2, 0) is 0 Å². The maximum atomic E-state index is 7.74. The second-order valence-corrected chi connectivity index (χ2v) is 5.72. The molecule has 3 N–H and O–H groups in total. The highest BCUT2D eigenvalue weighted by Gasteiger charge is 2.13. The molecule has 0 amide bonds. The SMILES string of the molecule is N=C(N)c1cc2ccccc2nc1Sc1ncccc1Cl. The number of hydrogen-bond acceptors (Lipinski definition) is 4. The zero-order chi connectivity index (χ0) is 14.8. The number of halogens is 1. The molecule has 0 saturated carbocycles. The topological polar surface area (TPSA) is 75.7 Å². The lowest BCUT2D eigenvalue weighted by atomic mass is 10.1. The van der Waals surface area contributed by atoms with Gasteiger partial charge in [-0.1, -0.05) is 29.8 Å². The number of nitrogens with two attached hydrogens (primary N) is 1. The summed E-state index contributed by atoms with van der Waals surface area (Å²) in [6, 6.07) is 13.1. The van der Waals surface area contributed by atoms with Crippen LogP contribution in [0.2, 0.25) is 5.02 Å². The van der Waals surface area contributed by atoms with Gasteiger partial charge in [-0.25, -0.2) is 9.97 Å². The molecule has 0 fully saturated rings. The van der Waals surface area contributed by atoms with Gasteiger partial charge < -0.3 is 5.73 Å². The van der Waals surface area contributed by atoms with E-state index in [9.17, 15) is 0 Å². The molecule has 0 spiro atoms. The van der Waals surface area contributed by atoms with Crippen molar-refractivity contribution >= 4 is 40.1 Å². The fourth-order valence-electron chi connectivity index (χ4n) is 1.91. The largest absolute Gasteiger partial charge is 0.384 e. The summed E-state index contributed by atoms with van der Waals surface area (Å²) in [5.74, 6) is -0.0252. The number of amidine groups is 1. The Hall–Kier alpha value is -2.11. The minimum absolute atomic E-state index is 0.0252. The highest BCUT2D eigenvalue weighted by atomic mass is 35.5. The molecule has 104 valence electrons. The Labute approximate surface area is 130 Å². The molecule has 1 aromatic carbocycles. The third kappa shape index (κ3) is 2.84. The van der Waals surface area contributed by atoms with Gasteiger partial charge in [0.05, 0.1) is 10.5 Å². The summed E-state index contributed by atoms with van der Waals surface area (Å²) in [7, 11) is 0. The predicted molar refractivity (Wildman–Crippen MR) is 86.1 cm³/mol. The summed E-state index contributed by atoms with van der Waals surface area (Å²) in [5.41, 5.74) is 7.10. The number of aromatic nitrogens is 2. The molecule has 21 heavy (non-hydrogen) atoms. The highest BCUT2D eigenvalue weighted by molar-refractivity contribution is 7.99. The lowest BCUT2D eigenvalue weighted by molar-refractivity contribution is 1.10. The van der Waals surface area contributed by atoms with Gasteiger partial charge in [0.25, 0.3) is 0 Å². The van der Waals surface area contributed by atoms with E-state index in [0.29, 0.717) is 20.6 Å². The number of benzene rings is 1. The molecule has 3 rings (SSSR count). The van der Waals surface area contributed by atoms with E-state index < -0.39 is 0 Å². The van der Waals surface area contributed by atoms with Crippen LogP contribution in [0.15, 0.2) is 58.7 Å². The zero-order valence-corrected chi connectivity index (χ0v) is 12.4. The van der Waals surface area contributed by atoms with Crippen LogP contribution in [0, 0.1) is 5.41 Å². The van der Waals surface area contributed by atoms with Crippen LogP contribution in [0.3, 0.4) is 0 Å². The first-order chi connectivity index (χ1) is 10.1. The van der Waals surface area contributed by atoms with Gasteiger partial charge in [0.2, 0.25) is 0 Å². The summed E-state index contributed by atoms with van der Waals surface area (Å²) in [6.45, 7) is 0. The van der Waals surface area contributed by atoms with Crippen LogP contribution in [0.1, 0.15) is 5.56 Å². The summed E-state index contributed by atoms with van der Waals surface area (Å²) in [5, 5.41) is 10.5. The van der Waals surface area contributed by atoms with Crippen LogP contribution in [0.25, 0.3) is 10.9 Å². The molecule has 2 aromatic heterocycles. The molecule has 0 aliphatic rings. The fraction of sp³-hybridized carbons (Fsp3) is 0. The van der Waals surface area contributed by atoms with Gasteiger partial charge >= 0.3 is 0 Å². The minimum Gasteiger partial charge on any atom is -0.384 e. The maximum absolute atomic E-state index is 7.74. The maximum Gasteiger partial charge on any atom is 0.125 e. The third-order valence-corrected chi connectivity index (χ3v) is 4.34. The lowest BCUT2D eigenvalue weighted by Crippen LogP contribution is -2.13. The molecule has 0 unspecified atom stereocenters. The van der Waals surface area contributed by atoms with E-state index in [2.05, 4.69) is 9.97 Å². The highest BCUT2D eigenvalue weighted by Crippen LogP contribution is 2.33. The Morgan fingerprint density at radius 2 is 1.95 bits per heavy atom. The molecule has 4 nitrogen and oxygen atoms in total. The van der Waals surface area contributed by atoms with Crippen molar-refractivity contribution in [1.82, 2.24) is 9.97 Å². The Morgan fingerprint density at radius 1 is 1.14 bits per heavy atom. The molecule has 0 aliphatic heterocycles. The van der Waals surface area contributed by atoms with E-state index in [0.717, 1.165) is 10.9 Å². The molecule has 2 heterocycles. The van der Waals surface area contributed by atoms with E-state index in [1.165, 1.54) is 11.8 Å². The molecule has 0 radical (unpaired) electrons.